The second-order valence-corrected chi connectivity index (χ2v) is 13.4. The van der Waals surface area contributed by atoms with Crippen molar-refractivity contribution in [2.24, 2.45) is 0 Å². The number of anilines is 2. The first-order chi connectivity index (χ1) is 23.2. The van der Waals surface area contributed by atoms with Crippen LogP contribution in [0, 0.1) is 0 Å². The maximum atomic E-state index is 13.5. The van der Waals surface area contributed by atoms with Gasteiger partial charge in [0.25, 0.3) is 11.8 Å². The van der Waals surface area contributed by atoms with Crippen molar-refractivity contribution in [3.8, 4) is 17.0 Å². The summed E-state index contributed by atoms with van der Waals surface area (Å²) in [6, 6.07) is 28.2. The standard InChI is InChI=1S/C36H30Cl2N4O4S2/c1-3-46-32-12-8-7-11-24(32)19-30(40-34(44)23-9-5-4-6-10-23)35(45)39-26-14-16-27(17-15-26)48-22(2)33(43)42-36-41-31(21-47-36)28-18-13-25(37)20-29(28)38/h4-22H,3H2,1-2H3,(H,39,45)(H,40,44)(H,41,42,43)/b30-19-. The van der Waals surface area contributed by atoms with Gasteiger partial charge in [-0.25, -0.2) is 4.98 Å². The molecule has 0 aliphatic rings. The molecule has 5 rings (SSSR count). The van der Waals surface area contributed by atoms with Crippen LogP contribution in [0.3, 0.4) is 0 Å². The van der Waals surface area contributed by atoms with Crippen LogP contribution < -0.4 is 20.7 Å². The fourth-order valence-electron chi connectivity index (χ4n) is 4.42. The lowest BCUT2D eigenvalue weighted by molar-refractivity contribution is -0.115. The number of carbonyl (C=O) groups is 3. The lowest BCUT2D eigenvalue weighted by Gasteiger charge is -2.14. The normalized spacial score (nSPS) is 11.8. The second kappa shape index (κ2) is 16.5. The maximum absolute atomic E-state index is 13.5. The minimum Gasteiger partial charge on any atom is -0.493 e. The summed E-state index contributed by atoms with van der Waals surface area (Å²) >= 11 is 15.0. The maximum Gasteiger partial charge on any atom is 0.272 e. The van der Waals surface area contributed by atoms with Crippen molar-refractivity contribution in [2.45, 2.75) is 24.0 Å². The Kier molecular flexibility index (Phi) is 11.9. The highest BCUT2D eigenvalue weighted by Crippen LogP contribution is 2.33. The summed E-state index contributed by atoms with van der Waals surface area (Å²) in [7, 11) is 0. The number of carbonyl (C=O) groups excluding carboxylic acids is 3. The van der Waals surface area contributed by atoms with Gasteiger partial charge in [0.2, 0.25) is 5.91 Å². The van der Waals surface area contributed by atoms with Gasteiger partial charge in [-0.1, -0.05) is 59.6 Å². The molecule has 0 bridgehead atoms. The topological polar surface area (TPSA) is 109 Å². The van der Waals surface area contributed by atoms with E-state index in [0.29, 0.717) is 50.0 Å². The number of aromatic nitrogens is 1. The molecule has 0 saturated carbocycles. The Morgan fingerprint density at radius 2 is 1.67 bits per heavy atom. The molecular weight excluding hydrogens is 687 g/mol. The summed E-state index contributed by atoms with van der Waals surface area (Å²) in [4.78, 5) is 44.8. The van der Waals surface area contributed by atoms with Crippen molar-refractivity contribution < 1.29 is 19.1 Å². The summed E-state index contributed by atoms with van der Waals surface area (Å²) in [5, 5.41) is 11.3. The van der Waals surface area contributed by atoms with Crippen molar-refractivity contribution >= 4 is 80.9 Å². The van der Waals surface area contributed by atoms with Crippen molar-refractivity contribution in [1.29, 1.82) is 0 Å². The monoisotopic (exact) mass is 716 g/mol. The lowest BCUT2D eigenvalue weighted by Crippen LogP contribution is -2.30. The highest BCUT2D eigenvalue weighted by molar-refractivity contribution is 8.00. The smallest absolute Gasteiger partial charge is 0.272 e. The van der Waals surface area contributed by atoms with Crippen LogP contribution in [-0.4, -0.2) is 34.6 Å². The van der Waals surface area contributed by atoms with E-state index in [4.69, 9.17) is 27.9 Å². The van der Waals surface area contributed by atoms with E-state index in [2.05, 4.69) is 20.9 Å². The van der Waals surface area contributed by atoms with Gasteiger partial charge in [0.05, 0.1) is 22.6 Å². The Labute approximate surface area is 296 Å². The molecule has 0 spiro atoms. The summed E-state index contributed by atoms with van der Waals surface area (Å²) in [6.07, 6.45) is 1.58. The number of thiazole rings is 1. The number of nitrogens with zero attached hydrogens (tertiary/aromatic N) is 1. The number of nitrogens with one attached hydrogen (secondary N) is 3. The summed E-state index contributed by atoms with van der Waals surface area (Å²) in [5.41, 5.74) is 2.98. The number of amides is 3. The van der Waals surface area contributed by atoms with Crippen LogP contribution in [0.25, 0.3) is 17.3 Å². The van der Waals surface area contributed by atoms with Gasteiger partial charge in [0.15, 0.2) is 5.13 Å². The van der Waals surface area contributed by atoms with Crippen molar-refractivity contribution in [3.05, 3.63) is 129 Å². The molecule has 12 heteroatoms. The summed E-state index contributed by atoms with van der Waals surface area (Å²) in [6.45, 7) is 4.11. The van der Waals surface area contributed by atoms with Crippen molar-refractivity contribution in [1.82, 2.24) is 10.3 Å². The molecule has 0 aliphatic heterocycles. The summed E-state index contributed by atoms with van der Waals surface area (Å²) in [5.74, 6) is -0.564. The number of halogens is 2. The molecular formula is C36H30Cl2N4O4S2. The fraction of sp³-hybridized carbons (Fsp3) is 0.111. The molecule has 3 N–H and O–H groups in total. The van der Waals surface area contributed by atoms with Crippen LogP contribution in [0.2, 0.25) is 10.0 Å². The molecule has 0 aliphatic carbocycles. The third-order valence-corrected chi connectivity index (χ3v) is 9.20. The highest BCUT2D eigenvalue weighted by Gasteiger charge is 2.19. The molecule has 0 radical (unpaired) electrons. The lowest BCUT2D eigenvalue weighted by atomic mass is 10.1. The van der Waals surface area contributed by atoms with Gasteiger partial charge in [0.1, 0.15) is 11.4 Å². The van der Waals surface area contributed by atoms with Crippen LogP contribution in [0.15, 0.2) is 113 Å². The molecule has 0 fully saturated rings. The fourth-order valence-corrected chi connectivity index (χ4v) is 6.50. The number of benzene rings is 4. The number of rotatable bonds is 12. The molecule has 8 nitrogen and oxygen atoms in total. The third kappa shape index (κ3) is 9.26. The Balaban J connectivity index is 1.24. The Hall–Kier alpha value is -4.61. The quantitative estimate of drug-likeness (QED) is 0.0878. The molecule has 4 aromatic carbocycles. The molecule has 0 saturated heterocycles. The molecule has 1 heterocycles. The zero-order valence-electron chi connectivity index (χ0n) is 25.8. The van der Waals surface area contributed by atoms with Crippen LogP contribution in [0.5, 0.6) is 5.75 Å². The van der Waals surface area contributed by atoms with Gasteiger partial charge in [-0.15, -0.1) is 23.1 Å². The van der Waals surface area contributed by atoms with Gasteiger partial charge in [-0.05, 0) is 80.6 Å². The predicted octanol–water partition coefficient (Wildman–Crippen LogP) is 9.04. The molecule has 1 unspecified atom stereocenters. The average Bonchev–Trinajstić information content (AvgIpc) is 3.54. The van der Waals surface area contributed by atoms with Crippen LogP contribution >= 0.6 is 46.3 Å². The Morgan fingerprint density at radius 3 is 2.40 bits per heavy atom. The Morgan fingerprint density at radius 1 is 0.938 bits per heavy atom. The van der Waals surface area contributed by atoms with E-state index in [1.807, 2.05) is 42.6 Å². The molecule has 5 aromatic rings. The number of ether oxygens (including phenoxy) is 1. The number of hydrogen-bond donors (Lipinski definition) is 3. The van der Waals surface area contributed by atoms with Gasteiger partial charge in [0, 0.05) is 37.7 Å². The van der Waals surface area contributed by atoms with E-state index in [-0.39, 0.29) is 11.6 Å². The van der Waals surface area contributed by atoms with E-state index in [0.717, 1.165) is 10.5 Å². The average molecular weight is 718 g/mol. The summed E-state index contributed by atoms with van der Waals surface area (Å²) < 4.78 is 5.72. The molecule has 3 amide bonds. The highest BCUT2D eigenvalue weighted by atomic mass is 35.5. The largest absolute Gasteiger partial charge is 0.493 e. The zero-order valence-corrected chi connectivity index (χ0v) is 29.0. The SMILES string of the molecule is CCOc1ccccc1/C=C(\NC(=O)c1ccccc1)C(=O)Nc1ccc(SC(C)C(=O)Nc2nc(-c3ccc(Cl)cc3Cl)cs2)cc1. The third-order valence-electron chi connectivity index (χ3n) is 6.78. The number of thioether (sulfide) groups is 1. The van der Waals surface area contributed by atoms with Crippen LogP contribution in [0.1, 0.15) is 29.8 Å². The predicted molar refractivity (Wildman–Crippen MR) is 196 cm³/mol. The first-order valence-electron chi connectivity index (χ1n) is 14.8. The van der Waals surface area contributed by atoms with E-state index < -0.39 is 17.1 Å². The molecule has 1 atom stereocenters. The molecule has 1 aromatic heterocycles. The van der Waals surface area contributed by atoms with E-state index in [1.54, 1.807) is 79.7 Å². The van der Waals surface area contributed by atoms with Gasteiger partial charge in [-0.3, -0.25) is 14.4 Å². The first kappa shape index (κ1) is 34.7. The van der Waals surface area contributed by atoms with Gasteiger partial charge < -0.3 is 20.7 Å². The van der Waals surface area contributed by atoms with Crippen LogP contribution in [-0.2, 0) is 9.59 Å². The Bertz CT molecular complexity index is 1950. The number of para-hydroxylation sites is 1. The van der Waals surface area contributed by atoms with Gasteiger partial charge in [-0.2, -0.15) is 0 Å². The first-order valence-corrected chi connectivity index (χ1v) is 17.3. The van der Waals surface area contributed by atoms with Gasteiger partial charge >= 0.3 is 0 Å². The van der Waals surface area contributed by atoms with Crippen molar-refractivity contribution in [2.75, 3.05) is 17.2 Å². The van der Waals surface area contributed by atoms with E-state index >= 15 is 0 Å². The van der Waals surface area contributed by atoms with E-state index in [9.17, 15) is 14.4 Å². The molecule has 48 heavy (non-hydrogen) atoms. The number of hydrogen-bond acceptors (Lipinski definition) is 7. The van der Waals surface area contributed by atoms with Crippen LogP contribution in [0.4, 0.5) is 10.8 Å². The minimum atomic E-state index is -0.513. The second-order valence-electron chi connectivity index (χ2n) is 10.2. The zero-order chi connectivity index (χ0) is 34.0. The van der Waals surface area contributed by atoms with Crippen molar-refractivity contribution in [3.63, 3.8) is 0 Å². The van der Waals surface area contributed by atoms with E-state index in [1.165, 1.54) is 23.1 Å². The molecule has 244 valence electrons. The minimum absolute atomic E-state index is 0.0448.